The van der Waals surface area contributed by atoms with Gasteiger partial charge in [0.2, 0.25) is 0 Å². The van der Waals surface area contributed by atoms with Crippen LogP contribution < -0.4 is 0 Å². The van der Waals surface area contributed by atoms with Crippen LogP contribution in [0.15, 0.2) is 12.1 Å². The molecule has 0 bridgehead atoms. The molecular weight excluding hydrogens is 186 g/mol. The molecule has 0 amide bonds. The van der Waals surface area contributed by atoms with Gasteiger partial charge in [-0.1, -0.05) is 0 Å². The number of nitro groups is 1. The molecule has 1 N–H and O–H groups in total. The van der Waals surface area contributed by atoms with E-state index in [1.165, 1.54) is 0 Å². The molecule has 1 rings (SSSR count). The van der Waals surface area contributed by atoms with Crippen LogP contribution in [0.1, 0.15) is 11.1 Å². The molecular formula is C8H3N3O3. The average Bonchev–Trinajstić information content (AvgIpc) is 2.16. The van der Waals surface area contributed by atoms with Crippen molar-refractivity contribution in [2.45, 2.75) is 0 Å². The maximum atomic E-state index is 10.3. The molecule has 0 saturated carbocycles. The predicted molar refractivity (Wildman–Crippen MR) is 44.2 cm³/mol. The fourth-order valence-corrected chi connectivity index (χ4v) is 0.908. The lowest BCUT2D eigenvalue weighted by atomic mass is 10.1. The Bertz CT molecular complexity index is 482. The summed E-state index contributed by atoms with van der Waals surface area (Å²) in [6.45, 7) is 0. The summed E-state index contributed by atoms with van der Waals surface area (Å²) in [6, 6.07) is 5.05. The van der Waals surface area contributed by atoms with Crippen molar-refractivity contribution in [3.8, 4) is 17.9 Å². The quantitative estimate of drug-likeness (QED) is 0.524. The van der Waals surface area contributed by atoms with E-state index in [2.05, 4.69) is 0 Å². The predicted octanol–water partition coefficient (Wildman–Crippen LogP) is 1.04. The van der Waals surface area contributed by atoms with Gasteiger partial charge in [0.05, 0.1) is 16.1 Å². The van der Waals surface area contributed by atoms with Gasteiger partial charge in [-0.05, 0) is 0 Å². The maximum absolute atomic E-state index is 10.3. The summed E-state index contributed by atoms with van der Waals surface area (Å²) in [4.78, 5) is 9.52. The van der Waals surface area contributed by atoms with E-state index in [0.29, 0.717) is 0 Å². The number of hydrogen-bond donors (Lipinski definition) is 1. The first-order valence-corrected chi connectivity index (χ1v) is 3.41. The summed E-state index contributed by atoms with van der Waals surface area (Å²) in [5.74, 6) is -0.620. The van der Waals surface area contributed by atoms with E-state index in [1.54, 1.807) is 12.1 Å². The van der Waals surface area contributed by atoms with Gasteiger partial charge in [0.25, 0.3) is 0 Å². The van der Waals surface area contributed by atoms with Crippen molar-refractivity contribution in [1.29, 1.82) is 10.5 Å². The summed E-state index contributed by atoms with van der Waals surface area (Å²) in [7, 11) is 0. The zero-order valence-electron chi connectivity index (χ0n) is 6.76. The van der Waals surface area contributed by atoms with Crippen molar-refractivity contribution < 1.29 is 10.0 Å². The van der Waals surface area contributed by atoms with Gasteiger partial charge in [-0.25, -0.2) is 0 Å². The number of nitrogens with zero attached hydrogens (tertiary/aromatic N) is 3. The fraction of sp³-hybridized carbons (Fsp3) is 0. The van der Waals surface area contributed by atoms with E-state index >= 15 is 0 Å². The molecule has 0 spiro atoms. The second kappa shape index (κ2) is 3.42. The Balaban J connectivity index is 3.50. The Hall–Kier alpha value is -2.60. The largest absolute Gasteiger partial charge is 0.502 e. The lowest BCUT2D eigenvalue weighted by Crippen LogP contribution is -1.92. The Labute approximate surface area is 78.4 Å². The summed E-state index contributed by atoms with van der Waals surface area (Å²) in [5, 5.41) is 36.5. The highest BCUT2D eigenvalue weighted by molar-refractivity contribution is 5.58. The third-order valence-corrected chi connectivity index (χ3v) is 1.55. The second-order valence-electron chi connectivity index (χ2n) is 2.37. The minimum Gasteiger partial charge on any atom is -0.502 e. The highest BCUT2D eigenvalue weighted by Crippen LogP contribution is 2.28. The van der Waals surface area contributed by atoms with E-state index in [-0.39, 0.29) is 11.1 Å². The Kier molecular flexibility index (Phi) is 2.32. The van der Waals surface area contributed by atoms with Crippen LogP contribution in [0.3, 0.4) is 0 Å². The zero-order chi connectivity index (χ0) is 10.7. The molecule has 0 unspecified atom stereocenters. The summed E-state index contributed by atoms with van der Waals surface area (Å²) in [5.41, 5.74) is -0.798. The van der Waals surface area contributed by atoms with Gasteiger partial charge in [0.15, 0.2) is 5.75 Å². The molecule has 0 atom stereocenters. The Morgan fingerprint density at radius 1 is 1.29 bits per heavy atom. The molecule has 1 aromatic carbocycles. The number of phenolic OH excluding ortho intramolecular Hbond substituents is 1. The van der Waals surface area contributed by atoms with Gasteiger partial charge < -0.3 is 5.11 Å². The van der Waals surface area contributed by atoms with Crippen LogP contribution in [-0.2, 0) is 0 Å². The molecule has 0 aliphatic carbocycles. The standard InChI is InChI=1S/C8H3N3O3/c9-3-5-1-7(11(13)14)8(12)2-6(5)4-10/h1-2,12H. The lowest BCUT2D eigenvalue weighted by molar-refractivity contribution is -0.385. The molecule has 0 aliphatic rings. The van der Waals surface area contributed by atoms with Crippen molar-refractivity contribution in [2.75, 3.05) is 0 Å². The zero-order valence-corrected chi connectivity index (χ0v) is 6.76. The van der Waals surface area contributed by atoms with Crippen LogP contribution in [-0.4, -0.2) is 10.0 Å². The fourth-order valence-electron chi connectivity index (χ4n) is 0.908. The number of benzene rings is 1. The minimum atomic E-state index is -0.822. The van der Waals surface area contributed by atoms with Crippen LogP contribution >= 0.6 is 0 Å². The molecule has 0 aliphatic heterocycles. The lowest BCUT2D eigenvalue weighted by Gasteiger charge is -1.97. The smallest absolute Gasteiger partial charge is 0.312 e. The van der Waals surface area contributed by atoms with Crippen LogP contribution in [0.4, 0.5) is 5.69 Å². The van der Waals surface area contributed by atoms with Crippen molar-refractivity contribution in [1.82, 2.24) is 0 Å². The van der Waals surface area contributed by atoms with E-state index in [9.17, 15) is 10.1 Å². The van der Waals surface area contributed by atoms with E-state index in [0.717, 1.165) is 12.1 Å². The molecule has 1 aromatic rings. The molecule has 0 saturated heterocycles. The number of hydrogen-bond acceptors (Lipinski definition) is 5. The first kappa shape index (κ1) is 9.49. The Morgan fingerprint density at radius 3 is 2.21 bits per heavy atom. The van der Waals surface area contributed by atoms with Crippen LogP contribution in [0.25, 0.3) is 0 Å². The van der Waals surface area contributed by atoms with Crippen LogP contribution in [0, 0.1) is 32.8 Å². The summed E-state index contributed by atoms with van der Waals surface area (Å²) < 4.78 is 0. The monoisotopic (exact) mass is 189 g/mol. The molecule has 6 nitrogen and oxygen atoms in total. The molecule has 0 heterocycles. The molecule has 0 aromatic heterocycles. The first-order valence-electron chi connectivity index (χ1n) is 3.41. The van der Waals surface area contributed by atoms with Gasteiger partial charge in [-0.15, -0.1) is 0 Å². The van der Waals surface area contributed by atoms with E-state index < -0.39 is 16.4 Å². The van der Waals surface area contributed by atoms with E-state index in [1.807, 2.05) is 0 Å². The van der Waals surface area contributed by atoms with Crippen LogP contribution in [0.5, 0.6) is 5.75 Å². The van der Waals surface area contributed by atoms with Gasteiger partial charge >= 0.3 is 5.69 Å². The molecule has 0 fully saturated rings. The molecule has 6 heteroatoms. The third kappa shape index (κ3) is 1.45. The SMILES string of the molecule is N#Cc1cc(O)c([N+](=O)[O-])cc1C#N. The molecule has 68 valence electrons. The third-order valence-electron chi connectivity index (χ3n) is 1.55. The van der Waals surface area contributed by atoms with Crippen molar-refractivity contribution in [2.24, 2.45) is 0 Å². The first-order chi connectivity index (χ1) is 6.60. The van der Waals surface area contributed by atoms with Crippen molar-refractivity contribution in [3.05, 3.63) is 33.4 Å². The highest BCUT2D eigenvalue weighted by atomic mass is 16.6. The topological polar surface area (TPSA) is 111 Å². The van der Waals surface area contributed by atoms with Gasteiger partial charge in [0, 0.05) is 12.1 Å². The number of nitriles is 2. The number of aromatic hydroxyl groups is 1. The number of phenols is 1. The van der Waals surface area contributed by atoms with E-state index in [4.69, 9.17) is 15.6 Å². The average molecular weight is 189 g/mol. The van der Waals surface area contributed by atoms with Gasteiger partial charge in [0.1, 0.15) is 12.1 Å². The van der Waals surface area contributed by atoms with Gasteiger partial charge in [-0.3, -0.25) is 10.1 Å². The number of nitro benzene ring substituents is 1. The minimum absolute atomic E-state index is 0.0874. The highest BCUT2D eigenvalue weighted by Gasteiger charge is 2.17. The molecule has 14 heavy (non-hydrogen) atoms. The summed E-state index contributed by atoms with van der Waals surface area (Å²) in [6.07, 6.45) is 0. The molecule has 0 radical (unpaired) electrons. The summed E-state index contributed by atoms with van der Waals surface area (Å²) >= 11 is 0. The normalized spacial score (nSPS) is 8.71. The van der Waals surface area contributed by atoms with Crippen molar-refractivity contribution in [3.63, 3.8) is 0 Å². The van der Waals surface area contributed by atoms with Crippen molar-refractivity contribution >= 4 is 5.69 Å². The number of rotatable bonds is 1. The van der Waals surface area contributed by atoms with Crippen LogP contribution in [0.2, 0.25) is 0 Å². The van der Waals surface area contributed by atoms with Gasteiger partial charge in [-0.2, -0.15) is 10.5 Å². The second-order valence-corrected chi connectivity index (χ2v) is 2.37. The Morgan fingerprint density at radius 2 is 1.79 bits per heavy atom. The maximum Gasteiger partial charge on any atom is 0.312 e.